The maximum Gasteiger partial charge on any atom is 0.225 e. The molecule has 0 fully saturated rings. The Hall–Kier alpha value is -3.08. The highest BCUT2D eigenvalue weighted by molar-refractivity contribution is 5.89. The highest BCUT2D eigenvalue weighted by Crippen LogP contribution is 2.23. The van der Waals surface area contributed by atoms with Gasteiger partial charge in [-0.3, -0.25) is 4.79 Å². The number of benzene rings is 2. The van der Waals surface area contributed by atoms with Crippen molar-refractivity contribution < 1.29 is 4.79 Å². The number of aromatic amines is 2. The molecular formula is C21H22N4O. The molecule has 0 aliphatic heterocycles. The molecule has 26 heavy (non-hydrogen) atoms. The Morgan fingerprint density at radius 1 is 1.08 bits per heavy atom. The van der Waals surface area contributed by atoms with Crippen molar-refractivity contribution in [2.45, 2.75) is 26.3 Å². The summed E-state index contributed by atoms with van der Waals surface area (Å²) >= 11 is 0. The van der Waals surface area contributed by atoms with Crippen LogP contribution in [-0.2, 0) is 11.2 Å². The Morgan fingerprint density at radius 2 is 1.81 bits per heavy atom. The molecule has 2 aromatic carbocycles. The van der Waals surface area contributed by atoms with Gasteiger partial charge in [-0.1, -0.05) is 44.2 Å². The molecule has 0 saturated carbocycles. The highest BCUT2D eigenvalue weighted by Gasteiger charge is 2.22. The molecule has 5 heteroatoms. The van der Waals surface area contributed by atoms with Gasteiger partial charge in [0.2, 0.25) is 5.91 Å². The fourth-order valence-corrected chi connectivity index (χ4v) is 3.35. The van der Waals surface area contributed by atoms with Crippen LogP contribution in [0.3, 0.4) is 0 Å². The lowest BCUT2D eigenvalue weighted by Gasteiger charge is -2.20. The summed E-state index contributed by atoms with van der Waals surface area (Å²) in [6.07, 6.45) is 2.25. The lowest BCUT2D eigenvalue weighted by atomic mass is 10.0. The minimum Gasteiger partial charge on any atom is -0.361 e. The van der Waals surface area contributed by atoms with Crippen molar-refractivity contribution in [2.75, 3.05) is 0 Å². The second-order valence-corrected chi connectivity index (χ2v) is 6.96. The van der Waals surface area contributed by atoms with Crippen molar-refractivity contribution in [3.8, 4) is 0 Å². The van der Waals surface area contributed by atoms with Crippen LogP contribution in [-0.4, -0.2) is 20.9 Å². The monoisotopic (exact) mass is 346 g/mol. The standard InChI is InChI=1S/C21H22N4O/c1-13(2)20(21-23-17-9-5-6-10-18(17)24-21)25-19(26)11-14-12-22-16-8-4-3-7-15(14)16/h3-10,12-13,20,22H,11H2,1-2H3,(H,23,24)(H,25,26)/t20-/m1/s1. The molecule has 0 bridgehead atoms. The number of nitrogens with one attached hydrogen (secondary N) is 3. The normalized spacial score (nSPS) is 12.7. The van der Waals surface area contributed by atoms with Gasteiger partial charge in [0.1, 0.15) is 5.82 Å². The number of nitrogens with zero attached hydrogens (tertiary/aromatic N) is 1. The molecule has 0 unspecified atom stereocenters. The summed E-state index contributed by atoms with van der Waals surface area (Å²) in [5.41, 5.74) is 3.95. The molecular weight excluding hydrogens is 324 g/mol. The van der Waals surface area contributed by atoms with Crippen molar-refractivity contribution in [3.63, 3.8) is 0 Å². The van der Waals surface area contributed by atoms with E-state index in [0.29, 0.717) is 6.42 Å². The average Bonchev–Trinajstić information content (AvgIpc) is 3.23. The van der Waals surface area contributed by atoms with Gasteiger partial charge >= 0.3 is 0 Å². The van der Waals surface area contributed by atoms with Gasteiger partial charge in [-0.2, -0.15) is 0 Å². The third-order valence-corrected chi connectivity index (χ3v) is 4.71. The Bertz CT molecular complexity index is 1030. The molecule has 0 aliphatic rings. The predicted molar refractivity (Wildman–Crippen MR) is 104 cm³/mol. The lowest BCUT2D eigenvalue weighted by Crippen LogP contribution is -2.33. The van der Waals surface area contributed by atoms with E-state index in [0.717, 1.165) is 33.3 Å². The zero-order valence-electron chi connectivity index (χ0n) is 14.9. The molecule has 0 aliphatic carbocycles. The number of H-pyrrole nitrogens is 2. The van der Waals surface area contributed by atoms with Crippen LogP contribution in [0.25, 0.3) is 21.9 Å². The van der Waals surface area contributed by atoms with E-state index in [4.69, 9.17) is 0 Å². The number of hydrogen-bond acceptors (Lipinski definition) is 2. The molecule has 0 radical (unpaired) electrons. The summed E-state index contributed by atoms with van der Waals surface area (Å²) in [7, 11) is 0. The van der Waals surface area contributed by atoms with Crippen molar-refractivity contribution in [2.24, 2.45) is 5.92 Å². The first-order valence-electron chi connectivity index (χ1n) is 8.91. The van der Waals surface area contributed by atoms with Crippen LogP contribution in [0.5, 0.6) is 0 Å². The summed E-state index contributed by atoms with van der Waals surface area (Å²) in [6, 6.07) is 15.8. The molecule has 1 amide bonds. The molecule has 0 saturated heterocycles. The fraction of sp³-hybridized carbons (Fsp3) is 0.238. The first kappa shape index (κ1) is 16.4. The van der Waals surface area contributed by atoms with Gasteiger partial charge in [0.25, 0.3) is 0 Å². The Labute approximate surface area is 151 Å². The summed E-state index contributed by atoms with van der Waals surface area (Å²) in [5, 5.41) is 4.24. The summed E-state index contributed by atoms with van der Waals surface area (Å²) in [6.45, 7) is 4.17. The molecule has 0 spiro atoms. The topological polar surface area (TPSA) is 73.6 Å². The minimum absolute atomic E-state index is 0.00564. The van der Waals surface area contributed by atoms with Crippen molar-refractivity contribution in [3.05, 3.63) is 66.1 Å². The number of carbonyl (C=O) groups excluding carboxylic acids is 1. The Balaban J connectivity index is 1.55. The molecule has 5 nitrogen and oxygen atoms in total. The molecule has 4 aromatic rings. The van der Waals surface area contributed by atoms with E-state index in [2.05, 4.69) is 34.1 Å². The number of para-hydroxylation sites is 3. The third kappa shape index (κ3) is 3.08. The number of hydrogen-bond donors (Lipinski definition) is 3. The van der Waals surface area contributed by atoms with Crippen LogP contribution >= 0.6 is 0 Å². The van der Waals surface area contributed by atoms with E-state index in [-0.39, 0.29) is 17.9 Å². The number of fused-ring (bicyclic) bond motifs is 2. The quantitative estimate of drug-likeness (QED) is 0.509. The van der Waals surface area contributed by atoms with Crippen molar-refractivity contribution in [1.29, 1.82) is 0 Å². The van der Waals surface area contributed by atoms with E-state index < -0.39 is 0 Å². The fourth-order valence-electron chi connectivity index (χ4n) is 3.35. The Morgan fingerprint density at radius 3 is 2.58 bits per heavy atom. The first-order valence-corrected chi connectivity index (χ1v) is 8.91. The second kappa shape index (κ2) is 6.67. The van der Waals surface area contributed by atoms with Crippen LogP contribution < -0.4 is 5.32 Å². The smallest absolute Gasteiger partial charge is 0.225 e. The van der Waals surface area contributed by atoms with E-state index in [1.807, 2.05) is 54.7 Å². The van der Waals surface area contributed by atoms with Crippen molar-refractivity contribution >= 4 is 27.8 Å². The molecule has 2 aromatic heterocycles. The van der Waals surface area contributed by atoms with Crippen LogP contribution in [0, 0.1) is 5.92 Å². The van der Waals surface area contributed by atoms with Crippen LogP contribution in [0.15, 0.2) is 54.7 Å². The molecule has 4 rings (SSSR count). The lowest BCUT2D eigenvalue weighted by molar-refractivity contribution is -0.121. The average molecular weight is 346 g/mol. The van der Waals surface area contributed by atoms with E-state index in [1.165, 1.54) is 0 Å². The van der Waals surface area contributed by atoms with Gasteiger partial charge in [-0.05, 0) is 29.7 Å². The van der Waals surface area contributed by atoms with Crippen LogP contribution in [0.2, 0.25) is 0 Å². The van der Waals surface area contributed by atoms with Gasteiger partial charge in [-0.15, -0.1) is 0 Å². The number of carbonyl (C=O) groups is 1. The van der Waals surface area contributed by atoms with Crippen LogP contribution in [0.4, 0.5) is 0 Å². The zero-order valence-corrected chi connectivity index (χ0v) is 14.9. The van der Waals surface area contributed by atoms with Crippen molar-refractivity contribution in [1.82, 2.24) is 20.3 Å². The largest absolute Gasteiger partial charge is 0.361 e. The molecule has 2 heterocycles. The predicted octanol–water partition coefficient (Wildman–Crippen LogP) is 4.10. The summed E-state index contributed by atoms with van der Waals surface area (Å²) in [5.74, 6) is 1.02. The molecule has 132 valence electrons. The van der Waals surface area contributed by atoms with E-state index >= 15 is 0 Å². The summed E-state index contributed by atoms with van der Waals surface area (Å²) in [4.78, 5) is 23.9. The van der Waals surface area contributed by atoms with Crippen LogP contribution in [0.1, 0.15) is 31.3 Å². The third-order valence-electron chi connectivity index (χ3n) is 4.71. The van der Waals surface area contributed by atoms with Gasteiger partial charge in [0.05, 0.1) is 23.5 Å². The maximum atomic E-state index is 12.7. The summed E-state index contributed by atoms with van der Waals surface area (Å²) < 4.78 is 0. The molecule has 1 atom stereocenters. The number of aromatic nitrogens is 3. The van der Waals surface area contributed by atoms with E-state index in [9.17, 15) is 4.79 Å². The van der Waals surface area contributed by atoms with Gasteiger partial charge < -0.3 is 15.3 Å². The zero-order chi connectivity index (χ0) is 18.1. The minimum atomic E-state index is -0.153. The number of rotatable bonds is 5. The van der Waals surface area contributed by atoms with Gasteiger partial charge in [0.15, 0.2) is 0 Å². The van der Waals surface area contributed by atoms with Gasteiger partial charge in [0, 0.05) is 17.1 Å². The Kier molecular flexibility index (Phi) is 4.21. The first-order chi connectivity index (χ1) is 12.6. The second-order valence-electron chi connectivity index (χ2n) is 6.96. The van der Waals surface area contributed by atoms with E-state index in [1.54, 1.807) is 0 Å². The number of imidazole rings is 1. The SMILES string of the molecule is CC(C)[C@@H](NC(=O)Cc1c[nH]c2ccccc12)c1nc2ccccc2[nH]1. The number of amides is 1. The molecule has 3 N–H and O–H groups in total. The maximum absolute atomic E-state index is 12.7. The highest BCUT2D eigenvalue weighted by atomic mass is 16.1. The van der Waals surface area contributed by atoms with Gasteiger partial charge in [-0.25, -0.2) is 4.98 Å².